The fourth-order valence-corrected chi connectivity index (χ4v) is 2.42. The number of carbonyl (C=O) groups is 1. The summed E-state index contributed by atoms with van der Waals surface area (Å²) in [5.74, 6) is 4.00. The Balaban J connectivity index is 2.81. The SMILES string of the molecule is CC#CCS(=O)(=O)c1ccc(CCC(=O)O)cc1. The van der Waals surface area contributed by atoms with Crippen LogP contribution in [0.2, 0.25) is 0 Å². The van der Waals surface area contributed by atoms with E-state index in [1.807, 2.05) is 0 Å². The zero-order valence-corrected chi connectivity index (χ0v) is 10.8. The van der Waals surface area contributed by atoms with E-state index in [9.17, 15) is 13.2 Å². The molecule has 0 fully saturated rings. The van der Waals surface area contributed by atoms with Gasteiger partial charge in [0.25, 0.3) is 0 Å². The summed E-state index contributed by atoms with van der Waals surface area (Å²) in [6, 6.07) is 6.25. The number of hydrogen-bond acceptors (Lipinski definition) is 3. The Bertz CT molecular complexity index is 574. The van der Waals surface area contributed by atoms with Crippen LogP contribution >= 0.6 is 0 Å². The third-order valence-corrected chi connectivity index (χ3v) is 3.86. The lowest BCUT2D eigenvalue weighted by Gasteiger charge is -2.02. The van der Waals surface area contributed by atoms with Gasteiger partial charge in [-0.3, -0.25) is 4.79 Å². The maximum absolute atomic E-state index is 11.8. The molecule has 18 heavy (non-hydrogen) atoms. The molecule has 0 aliphatic rings. The Morgan fingerprint density at radius 2 is 1.89 bits per heavy atom. The molecule has 4 nitrogen and oxygen atoms in total. The summed E-state index contributed by atoms with van der Waals surface area (Å²) in [7, 11) is -3.36. The smallest absolute Gasteiger partial charge is 0.303 e. The van der Waals surface area contributed by atoms with Crippen LogP contribution in [0.25, 0.3) is 0 Å². The highest BCUT2D eigenvalue weighted by Crippen LogP contribution is 2.13. The topological polar surface area (TPSA) is 71.4 Å². The first-order chi connectivity index (χ1) is 8.45. The zero-order valence-electron chi connectivity index (χ0n) is 10.0. The van der Waals surface area contributed by atoms with E-state index in [2.05, 4.69) is 11.8 Å². The van der Waals surface area contributed by atoms with E-state index in [1.54, 1.807) is 19.1 Å². The van der Waals surface area contributed by atoms with Crippen LogP contribution in [-0.2, 0) is 21.1 Å². The summed E-state index contributed by atoms with van der Waals surface area (Å²) in [5.41, 5.74) is 0.804. The van der Waals surface area contributed by atoms with Crippen molar-refractivity contribution in [2.45, 2.75) is 24.7 Å². The molecule has 5 heteroatoms. The van der Waals surface area contributed by atoms with Gasteiger partial charge in [-0.25, -0.2) is 8.42 Å². The van der Waals surface area contributed by atoms with Crippen LogP contribution in [-0.4, -0.2) is 25.2 Å². The first-order valence-corrected chi connectivity index (χ1v) is 7.04. The molecule has 0 atom stereocenters. The summed E-state index contributed by atoms with van der Waals surface area (Å²) in [5, 5.41) is 8.54. The van der Waals surface area contributed by atoms with Gasteiger partial charge in [-0.1, -0.05) is 18.1 Å². The van der Waals surface area contributed by atoms with Crippen molar-refractivity contribution in [3.8, 4) is 11.8 Å². The molecule has 0 saturated heterocycles. The molecule has 96 valence electrons. The van der Waals surface area contributed by atoms with Crippen molar-refractivity contribution in [2.75, 3.05) is 5.75 Å². The van der Waals surface area contributed by atoms with Crippen LogP contribution in [0.5, 0.6) is 0 Å². The van der Waals surface area contributed by atoms with E-state index in [1.165, 1.54) is 12.1 Å². The molecular formula is C13H14O4S. The van der Waals surface area contributed by atoms with E-state index in [4.69, 9.17) is 5.11 Å². The third kappa shape index (κ3) is 4.22. The lowest BCUT2D eigenvalue weighted by Crippen LogP contribution is -2.05. The second kappa shape index (κ2) is 6.22. The third-order valence-electron chi connectivity index (χ3n) is 2.35. The van der Waals surface area contributed by atoms with Crippen LogP contribution in [0.4, 0.5) is 0 Å². The number of benzene rings is 1. The van der Waals surface area contributed by atoms with Gasteiger partial charge >= 0.3 is 5.97 Å². The Morgan fingerprint density at radius 3 is 2.39 bits per heavy atom. The summed E-state index contributed by atoms with van der Waals surface area (Å²) < 4.78 is 23.5. The van der Waals surface area contributed by atoms with E-state index >= 15 is 0 Å². The number of rotatable bonds is 5. The molecule has 0 saturated carbocycles. The summed E-state index contributed by atoms with van der Waals surface area (Å²) in [6.07, 6.45) is 0.428. The molecule has 1 aromatic carbocycles. The largest absolute Gasteiger partial charge is 0.481 e. The molecular weight excluding hydrogens is 252 g/mol. The standard InChI is InChI=1S/C13H14O4S/c1-2-3-10-18(16,17)12-7-4-11(5-8-12)6-9-13(14)15/h4-5,7-8H,6,9-10H2,1H3,(H,14,15). The van der Waals surface area contributed by atoms with Crippen LogP contribution < -0.4 is 0 Å². The minimum absolute atomic E-state index is 0.0351. The van der Waals surface area contributed by atoms with Crippen molar-refractivity contribution in [3.05, 3.63) is 29.8 Å². The minimum atomic E-state index is -3.36. The van der Waals surface area contributed by atoms with E-state index in [0.29, 0.717) is 6.42 Å². The second-order valence-corrected chi connectivity index (χ2v) is 5.71. The fourth-order valence-electron chi connectivity index (χ4n) is 1.37. The molecule has 0 amide bonds. The van der Waals surface area contributed by atoms with Gasteiger partial charge < -0.3 is 5.11 Å². The second-order valence-electron chi connectivity index (χ2n) is 3.72. The van der Waals surface area contributed by atoms with Gasteiger partial charge in [0.2, 0.25) is 0 Å². The Hall–Kier alpha value is -1.80. The zero-order chi connectivity index (χ0) is 13.6. The molecule has 1 rings (SSSR count). The average Bonchev–Trinajstić information content (AvgIpc) is 2.34. The van der Waals surface area contributed by atoms with Crippen molar-refractivity contribution in [1.82, 2.24) is 0 Å². The molecule has 0 spiro atoms. The quantitative estimate of drug-likeness (QED) is 0.820. The van der Waals surface area contributed by atoms with E-state index in [0.717, 1.165) is 5.56 Å². The van der Waals surface area contributed by atoms with Gasteiger partial charge in [0.05, 0.1) is 4.90 Å². The number of hydrogen-bond donors (Lipinski definition) is 1. The van der Waals surface area contributed by atoms with Crippen LogP contribution in [0.15, 0.2) is 29.2 Å². The van der Waals surface area contributed by atoms with Gasteiger partial charge in [-0.05, 0) is 31.0 Å². The molecule has 1 aromatic rings. The molecule has 0 unspecified atom stereocenters. The number of carboxylic acids is 1. The number of aryl methyl sites for hydroxylation is 1. The van der Waals surface area contributed by atoms with Crippen LogP contribution in [0.3, 0.4) is 0 Å². The number of aliphatic carboxylic acids is 1. The van der Waals surface area contributed by atoms with Gasteiger partial charge in [0.1, 0.15) is 5.75 Å². The Morgan fingerprint density at radius 1 is 1.28 bits per heavy atom. The maximum atomic E-state index is 11.8. The Kier molecular flexibility index (Phi) is 4.93. The van der Waals surface area contributed by atoms with Gasteiger partial charge in [-0.2, -0.15) is 0 Å². The monoisotopic (exact) mass is 266 g/mol. The minimum Gasteiger partial charge on any atom is -0.481 e. The van der Waals surface area contributed by atoms with Gasteiger partial charge in [0.15, 0.2) is 9.84 Å². The predicted octanol–water partition coefficient (Wildman–Crippen LogP) is 1.50. The van der Waals surface area contributed by atoms with Crippen LogP contribution in [0, 0.1) is 11.8 Å². The first kappa shape index (κ1) is 14.3. The highest BCUT2D eigenvalue weighted by Gasteiger charge is 2.12. The maximum Gasteiger partial charge on any atom is 0.303 e. The van der Waals surface area contributed by atoms with Crippen molar-refractivity contribution >= 4 is 15.8 Å². The molecule has 0 aliphatic carbocycles. The highest BCUT2D eigenvalue weighted by molar-refractivity contribution is 7.91. The molecule has 0 aliphatic heterocycles. The van der Waals surface area contributed by atoms with E-state index < -0.39 is 15.8 Å². The van der Waals surface area contributed by atoms with Gasteiger partial charge in [-0.15, -0.1) is 5.92 Å². The van der Waals surface area contributed by atoms with Crippen molar-refractivity contribution in [3.63, 3.8) is 0 Å². The highest BCUT2D eigenvalue weighted by atomic mass is 32.2. The van der Waals surface area contributed by atoms with Crippen molar-refractivity contribution < 1.29 is 18.3 Å². The average molecular weight is 266 g/mol. The van der Waals surface area contributed by atoms with Gasteiger partial charge in [0, 0.05) is 6.42 Å². The number of carboxylic acid groups (broad SMARTS) is 1. The molecule has 0 bridgehead atoms. The molecule has 1 N–H and O–H groups in total. The lowest BCUT2D eigenvalue weighted by molar-refractivity contribution is -0.136. The fraction of sp³-hybridized carbons (Fsp3) is 0.308. The van der Waals surface area contributed by atoms with Crippen molar-refractivity contribution in [1.29, 1.82) is 0 Å². The Labute approximate surface area is 107 Å². The van der Waals surface area contributed by atoms with Crippen molar-refractivity contribution in [2.24, 2.45) is 0 Å². The first-order valence-electron chi connectivity index (χ1n) is 5.39. The normalized spacial score (nSPS) is 10.5. The van der Waals surface area contributed by atoms with E-state index in [-0.39, 0.29) is 17.1 Å². The molecule has 0 radical (unpaired) electrons. The molecule has 0 heterocycles. The summed E-state index contributed by atoms with van der Waals surface area (Å²) in [4.78, 5) is 10.6. The molecule has 0 aromatic heterocycles. The lowest BCUT2D eigenvalue weighted by atomic mass is 10.1. The number of sulfone groups is 1. The summed E-state index contributed by atoms with van der Waals surface area (Å²) in [6.45, 7) is 1.59. The predicted molar refractivity (Wildman–Crippen MR) is 67.9 cm³/mol. The van der Waals surface area contributed by atoms with Crippen LogP contribution in [0.1, 0.15) is 18.9 Å². The summed E-state index contributed by atoms with van der Waals surface area (Å²) >= 11 is 0.